The normalized spacial score (nSPS) is 44.3. The van der Waals surface area contributed by atoms with Gasteiger partial charge in [-0.25, -0.2) is 0 Å². The summed E-state index contributed by atoms with van der Waals surface area (Å²) in [5.41, 5.74) is 0. The molecule has 0 amide bonds. The lowest BCUT2D eigenvalue weighted by molar-refractivity contribution is 0.117. The van der Waals surface area contributed by atoms with E-state index in [1.54, 1.807) is 0 Å². The molecule has 2 saturated carbocycles. The Morgan fingerprint density at radius 3 is 2.23 bits per heavy atom. The monoisotopic (exact) mass is 181 g/mol. The zero-order valence-corrected chi connectivity index (χ0v) is 9.22. The zero-order valence-electron chi connectivity index (χ0n) is 9.22. The quantitative estimate of drug-likeness (QED) is 0.706. The first kappa shape index (κ1) is 9.51. The summed E-state index contributed by atoms with van der Waals surface area (Å²) in [5, 5.41) is 3.79. The van der Waals surface area contributed by atoms with Crippen LogP contribution in [0.5, 0.6) is 0 Å². The Kier molecular flexibility index (Phi) is 2.64. The third kappa shape index (κ3) is 1.90. The third-order valence-electron chi connectivity index (χ3n) is 4.19. The van der Waals surface area contributed by atoms with Gasteiger partial charge in [-0.3, -0.25) is 0 Å². The highest BCUT2D eigenvalue weighted by atomic mass is 15.0. The fraction of sp³-hybridized carbons (Fsp3) is 1.00. The molecule has 1 nitrogen and oxygen atoms in total. The van der Waals surface area contributed by atoms with E-state index in [9.17, 15) is 0 Å². The Morgan fingerprint density at radius 2 is 1.85 bits per heavy atom. The summed E-state index contributed by atoms with van der Waals surface area (Å²) in [6.07, 6.45) is 5.73. The van der Waals surface area contributed by atoms with E-state index in [4.69, 9.17) is 0 Å². The van der Waals surface area contributed by atoms with Crippen LogP contribution < -0.4 is 5.32 Å². The van der Waals surface area contributed by atoms with Crippen LogP contribution in [0.15, 0.2) is 0 Å². The highest BCUT2D eigenvalue weighted by Gasteiger charge is 2.35. The second-order valence-electron chi connectivity index (χ2n) is 5.50. The second-order valence-corrected chi connectivity index (χ2v) is 5.50. The van der Waals surface area contributed by atoms with Crippen LogP contribution in [0.2, 0.25) is 0 Å². The maximum absolute atomic E-state index is 3.79. The van der Waals surface area contributed by atoms with Crippen LogP contribution in [-0.2, 0) is 0 Å². The molecule has 2 rings (SSSR count). The van der Waals surface area contributed by atoms with Gasteiger partial charge >= 0.3 is 0 Å². The minimum absolute atomic E-state index is 0.859. The largest absolute Gasteiger partial charge is 0.311 e. The van der Waals surface area contributed by atoms with Gasteiger partial charge < -0.3 is 5.32 Å². The minimum Gasteiger partial charge on any atom is -0.311 e. The van der Waals surface area contributed by atoms with Crippen LogP contribution in [0, 0.1) is 17.8 Å². The molecule has 2 atom stereocenters. The minimum atomic E-state index is 0.859. The molecule has 0 heterocycles. The molecule has 0 spiro atoms. The smallest absolute Gasteiger partial charge is 0.00954 e. The molecule has 0 aromatic heterocycles. The van der Waals surface area contributed by atoms with Gasteiger partial charge in [-0.15, -0.1) is 0 Å². The lowest BCUT2D eigenvalue weighted by atomic mass is 9.72. The Hall–Kier alpha value is -0.0400. The molecule has 0 aliphatic heterocycles. The van der Waals surface area contributed by atoms with Gasteiger partial charge in [0, 0.05) is 12.1 Å². The number of hydrogen-bond donors (Lipinski definition) is 1. The summed E-state index contributed by atoms with van der Waals surface area (Å²) >= 11 is 0. The van der Waals surface area contributed by atoms with E-state index < -0.39 is 0 Å². The molecular formula is C12H23N. The molecule has 0 radical (unpaired) electrons. The molecular weight excluding hydrogens is 158 g/mol. The van der Waals surface area contributed by atoms with E-state index in [1.807, 2.05) is 0 Å². The first-order valence-electron chi connectivity index (χ1n) is 5.93. The Labute approximate surface area is 82.3 Å². The van der Waals surface area contributed by atoms with E-state index in [0.29, 0.717) is 0 Å². The summed E-state index contributed by atoms with van der Waals surface area (Å²) in [5.74, 6) is 2.85. The molecule has 0 saturated heterocycles. The highest BCUT2D eigenvalue weighted by molar-refractivity contribution is 4.92. The van der Waals surface area contributed by atoms with Crippen molar-refractivity contribution in [3.63, 3.8) is 0 Å². The van der Waals surface area contributed by atoms with Crippen LogP contribution in [0.3, 0.4) is 0 Å². The number of rotatable bonds is 3. The van der Waals surface area contributed by atoms with Crippen molar-refractivity contribution in [3.8, 4) is 0 Å². The Morgan fingerprint density at radius 1 is 1.15 bits per heavy atom. The average molecular weight is 181 g/mol. The summed E-state index contributed by atoms with van der Waals surface area (Å²) in [4.78, 5) is 0. The molecule has 1 N–H and O–H groups in total. The van der Waals surface area contributed by atoms with Gasteiger partial charge in [-0.1, -0.05) is 20.8 Å². The second kappa shape index (κ2) is 3.61. The molecule has 2 fully saturated rings. The van der Waals surface area contributed by atoms with Crippen LogP contribution >= 0.6 is 0 Å². The lowest BCUT2D eigenvalue weighted by Gasteiger charge is -2.45. The van der Waals surface area contributed by atoms with E-state index in [-0.39, 0.29) is 0 Å². The van der Waals surface area contributed by atoms with Gasteiger partial charge in [-0.05, 0) is 43.4 Å². The van der Waals surface area contributed by atoms with Gasteiger partial charge in [0.05, 0.1) is 0 Å². The van der Waals surface area contributed by atoms with E-state index >= 15 is 0 Å². The lowest BCUT2D eigenvalue weighted by Crippen LogP contribution is -2.52. The predicted molar refractivity (Wildman–Crippen MR) is 56.7 cm³/mol. The third-order valence-corrected chi connectivity index (χ3v) is 4.19. The van der Waals surface area contributed by atoms with Crippen LogP contribution in [0.1, 0.15) is 46.5 Å². The average Bonchev–Trinajstić information content (AvgIpc) is 1.98. The first-order chi connectivity index (χ1) is 6.16. The van der Waals surface area contributed by atoms with Gasteiger partial charge in [0.15, 0.2) is 0 Å². The maximum Gasteiger partial charge on any atom is 0.00954 e. The topological polar surface area (TPSA) is 12.0 Å². The standard InChI is InChI=1S/C12H23N/c1-8(2)10-6-11(7-10)13-12-5-4-9(12)3/h8-13H,4-7H2,1-3H3. The zero-order chi connectivity index (χ0) is 9.42. The number of hydrogen-bond acceptors (Lipinski definition) is 1. The summed E-state index contributed by atoms with van der Waals surface area (Å²) in [6.45, 7) is 7.08. The molecule has 2 unspecified atom stereocenters. The van der Waals surface area contributed by atoms with Crippen LogP contribution in [-0.4, -0.2) is 12.1 Å². The summed E-state index contributed by atoms with van der Waals surface area (Å²) in [6, 6.07) is 1.72. The van der Waals surface area contributed by atoms with Crippen molar-refractivity contribution < 1.29 is 0 Å². The van der Waals surface area contributed by atoms with Crippen molar-refractivity contribution in [1.82, 2.24) is 5.32 Å². The maximum atomic E-state index is 3.79. The van der Waals surface area contributed by atoms with Crippen molar-refractivity contribution in [3.05, 3.63) is 0 Å². The molecule has 2 aliphatic carbocycles. The van der Waals surface area contributed by atoms with Gasteiger partial charge in [0.1, 0.15) is 0 Å². The summed E-state index contributed by atoms with van der Waals surface area (Å²) < 4.78 is 0. The van der Waals surface area contributed by atoms with E-state index in [2.05, 4.69) is 26.1 Å². The van der Waals surface area contributed by atoms with Crippen molar-refractivity contribution >= 4 is 0 Å². The molecule has 13 heavy (non-hydrogen) atoms. The molecule has 1 heteroatoms. The van der Waals surface area contributed by atoms with Crippen molar-refractivity contribution in [1.29, 1.82) is 0 Å². The van der Waals surface area contributed by atoms with Gasteiger partial charge in [-0.2, -0.15) is 0 Å². The molecule has 0 bridgehead atoms. The molecule has 0 aromatic rings. The fourth-order valence-electron chi connectivity index (χ4n) is 2.56. The SMILES string of the molecule is CC(C)C1CC(NC2CCC2C)C1. The van der Waals surface area contributed by atoms with Crippen molar-refractivity contribution in [2.75, 3.05) is 0 Å². The van der Waals surface area contributed by atoms with Crippen molar-refractivity contribution in [2.24, 2.45) is 17.8 Å². The molecule has 76 valence electrons. The Bertz CT molecular complexity index is 170. The van der Waals surface area contributed by atoms with E-state index in [0.717, 1.165) is 29.8 Å². The van der Waals surface area contributed by atoms with Gasteiger partial charge in [0.25, 0.3) is 0 Å². The van der Waals surface area contributed by atoms with Crippen LogP contribution in [0.4, 0.5) is 0 Å². The van der Waals surface area contributed by atoms with Crippen LogP contribution in [0.25, 0.3) is 0 Å². The van der Waals surface area contributed by atoms with Gasteiger partial charge in [0.2, 0.25) is 0 Å². The molecule has 2 aliphatic rings. The summed E-state index contributed by atoms with van der Waals surface area (Å²) in [7, 11) is 0. The van der Waals surface area contributed by atoms with E-state index in [1.165, 1.54) is 25.7 Å². The first-order valence-corrected chi connectivity index (χ1v) is 5.93. The number of nitrogens with one attached hydrogen (secondary N) is 1. The highest BCUT2D eigenvalue weighted by Crippen LogP contribution is 2.36. The fourth-order valence-corrected chi connectivity index (χ4v) is 2.56. The Balaban J connectivity index is 1.64. The molecule has 0 aromatic carbocycles. The predicted octanol–water partition coefficient (Wildman–Crippen LogP) is 2.81. The van der Waals surface area contributed by atoms with Crippen molar-refractivity contribution in [2.45, 2.75) is 58.5 Å².